The van der Waals surface area contributed by atoms with Gasteiger partial charge in [-0.1, -0.05) is 0 Å². The summed E-state index contributed by atoms with van der Waals surface area (Å²) in [6, 6.07) is 0. The van der Waals surface area contributed by atoms with E-state index in [1.165, 1.54) is 0 Å². The van der Waals surface area contributed by atoms with Gasteiger partial charge in [0, 0.05) is 34.9 Å². The van der Waals surface area contributed by atoms with Crippen molar-refractivity contribution in [3.05, 3.63) is 0 Å². The third-order valence-corrected chi connectivity index (χ3v) is 2.21. The molecule has 0 aromatic carbocycles. The Kier molecular flexibility index (Phi) is 5.53. The molecular formula is C10H20N6O2. The van der Waals surface area contributed by atoms with Crippen molar-refractivity contribution >= 4 is 17.8 Å². The fourth-order valence-corrected chi connectivity index (χ4v) is 1.26. The van der Waals surface area contributed by atoms with Gasteiger partial charge in [0.1, 0.15) is 0 Å². The maximum Gasteiger partial charge on any atom is 0.231 e. The molecule has 8 nitrogen and oxygen atoms in total. The van der Waals surface area contributed by atoms with Gasteiger partial charge in [-0.25, -0.2) is 0 Å². The molecule has 0 amide bonds. The van der Waals surface area contributed by atoms with Gasteiger partial charge in [-0.3, -0.25) is 0 Å². The minimum atomic E-state index is -0.0733. The van der Waals surface area contributed by atoms with Crippen molar-refractivity contribution in [1.29, 1.82) is 0 Å². The quantitative estimate of drug-likeness (QED) is 0.679. The number of nitrogens with zero attached hydrogens (tertiary/aromatic N) is 4. The van der Waals surface area contributed by atoms with Crippen LogP contribution in [0.2, 0.25) is 0 Å². The largest absolute Gasteiger partial charge is 0.382 e. The van der Waals surface area contributed by atoms with Crippen LogP contribution in [-0.4, -0.2) is 62.5 Å². The fourth-order valence-electron chi connectivity index (χ4n) is 1.26. The summed E-state index contributed by atoms with van der Waals surface area (Å²) in [7, 11) is 6.92. The molecule has 0 saturated carbocycles. The molecule has 0 bridgehead atoms. The molecule has 0 aliphatic heterocycles. The number of nitrogens with two attached hydrogens (primary N) is 1. The van der Waals surface area contributed by atoms with Crippen LogP contribution in [0, 0.1) is 0 Å². The number of aromatic nitrogens is 3. The molecule has 0 aliphatic rings. The summed E-state index contributed by atoms with van der Waals surface area (Å²) in [6.45, 7) is 1.02. The Labute approximate surface area is 107 Å². The molecule has 1 aromatic heterocycles. The zero-order valence-corrected chi connectivity index (χ0v) is 11.2. The Morgan fingerprint density at radius 2 is 2.00 bits per heavy atom. The van der Waals surface area contributed by atoms with Gasteiger partial charge in [0.25, 0.3) is 0 Å². The summed E-state index contributed by atoms with van der Waals surface area (Å²) >= 11 is 0. The molecule has 3 N–H and O–H groups in total. The van der Waals surface area contributed by atoms with Gasteiger partial charge < -0.3 is 25.4 Å². The Morgan fingerprint density at radius 1 is 1.28 bits per heavy atom. The molecule has 0 saturated heterocycles. The molecule has 8 heteroatoms. The highest BCUT2D eigenvalue weighted by Gasteiger charge is 2.09. The number of hydrogen-bond acceptors (Lipinski definition) is 8. The number of methoxy groups -OCH3 is 2. The molecule has 0 fully saturated rings. The SMILES string of the molecule is COCC(CNc1nc(N)nc(N(C)C)n1)OC. The van der Waals surface area contributed by atoms with E-state index in [9.17, 15) is 0 Å². The normalized spacial score (nSPS) is 12.2. The lowest BCUT2D eigenvalue weighted by Gasteiger charge is -2.16. The van der Waals surface area contributed by atoms with E-state index in [0.717, 1.165) is 0 Å². The van der Waals surface area contributed by atoms with E-state index in [4.69, 9.17) is 15.2 Å². The number of ether oxygens (including phenoxy) is 2. The average molecular weight is 256 g/mol. The second kappa shape index (κ2) is 6.92. The van der Waals surface area contributed by atoms with Gasteiger partial charge in [-0.2, -0.15) is 15.0 Å². The van der Waals surface area contributed by atoms with Crippen LogP contribution in [0.3, 0.4) is 0 Å². The second-order valence-electron chi connectivity index (χ2n) is 3.91. The van der Waals surface area contributed by atoms with Gasteiger partial charge in [0.05, 0.1) is 12.7 Å². The van der Waals surface area contributed by atoms with Crippen LogP contribution in [-0.2, 0) is 9.47 Å². The Balaban J connectivity index is 2.66. The molecule has 1 aromatic rings. The number of hydrogen-bond donors (Lipinski definition) is 2. The lowest BCUT2D eigenvalue weighted by molar-refractivity contribution is 0.0365. The molecule has 1 rings (SSSR count). The van der Waals surface area contributed by atoms with E-state index < -0.39 is 0 Å². The molecule has 0 spiro atoms. The van der Waals surface area contributed by atoms with E-state index in [1.54, 1.807) is 19.1 Å². The van der Waals surface area contributed by atoms with Crippen molar-refractivity contribution in [1.82, 2.24) is 15.0 Å². The third-order valence-electron chi connectivity index (χ3n) is 2.21. The highest BCUT2D eigenvalue weighted by Crippen LogP contribution is 2.09. The summed E-state index contributed by atoms with van der Waals surface area (Å²) in [5.41, 5.74) is 5.61. The second-order valence-corrected chi connectivity index (χ2v) is 3.91. The smallest absolute Gasteiger partial charge is 0.231 e. The number of nitrogens with one attached hydrogen (secondary N) is 1. The lowest BCUT2D eigenvalue weighted by Crippen LogP contribution is -2.27. The van der Waals surface area contributed by atoms with Crippen molar-refractivity contribution in [2.75, 3.05) is 57.4 Å². The van der Waals surface area contributed by atoms with Crippen molar-refractivity contribution < 1.29 is 9.47 Å². The van der Waals surface area contributed by atoms with E-state index >= 15 is 0 Å². The van der Waals surface area contributed by atoms with Crippen LogP contribution in [0.1, 0.15) is 0 Å². The first-order chi connectivity index (χ1) is 8.56. The van der Waals surface area contributed by atoms with Gasteiger partial charge in [0.2, 0.25) is 17.8 Å². The van der Waals surface area contributed by atoms with Gasteiger partial charge in [0.15, 0.2) is 0 Å². The monoisotopic (exact) mass is 256 g/mol. The zero-order chi connectivity index (χ0) is 13.5. The Morgan fingerprint density at radius 3 is 2.56 bits per heavy atom. The van der Waals surface area contributed by atoms with Gasteiger partial charge in [-0.15, -0.1) is 0 Å². The maximum absolute atomic E-state index is 5.61. The van der Waals surface area contributed by atoms with Crippen LogP contribution in [0.5, 0.6) is 0 Å². The number of anilines is 3. The van der Waals surface area contributed by atoms with Crippen LogP contribution in [0.4, 0.5) is 17.8 Å². The van der Waals surface area contributed by atoms with E-state index in [0.29, 0.717) is 25.0 Å². The first-order valence-corrected chi connectivity index (χ1v) is 5.51. The van der Waals surface area contributed by atoms with Crippen LogP contribution >= 0.6 is 0 Å². The number of rotatable bonds is 7. The van der Waals surface area contributed by atoms with Gasteiger partial charge in [-0.05, 0) is 0 Å². The molecule has 1 unspecified atom stereocenters. The van der Waals surface area contributed by atoms with Crippen molar-refractivity contribution in [2.45, 2.75) is 6.10 Å². The first kappa shape index (κ1) is 14.4. The first-order valence-electron chi connectivity index (χ1n) is 5.51. The van der Waals surface area contributed by atoms with E-state index in [-0.39, 0.29) is 12.1 Å². The van der Waals surface area contributed by atoms with Crippen LogP contribution in [0.25, 0.3) is 0 Å². The van der Waals surface area contributed by atoms with E-state index in [2.05, 4.69) is 20.3 Å². The molecule has 1 heterocycles. The molecular weight excluding hydrogens is 236 g/mol. The topological polar surface area (TPSA) is 98.4 Å². The zero-order valence-electron chi connectivity index (χ0n) is 11.2. The predicted octanol–water partition coefficient (Wildman–Crippen LogP) is -0.407. The van der Waals surface area contributed by atoms with Crippen molar-refractivity contribution in [3.8, 4) is 0 Å². The van der Waals surface area contributed by atoms with Crippen LogP contribution < -0.4 is 16.0 Å². The molecule has 0 radical (unpaired) electrons. The van der Waals surface area contributed by atoms with Crippen LogP contribution in [0.15, 0.2) is 0 Å². The summed E-state index contributed by atoms with van der Waals surface area (Å²) in [4.78, 5) is 14.0. The highest BCUT2D eigenvalue weighted by molar-refractivity contribution is 5.40. The third kappa shape index (κ3) is 4.30. The summed E-state index contributed by atoms with van der Waals surface area (Å²) in [6.07, 6.45) is -0.0733. The van der Waals surface area contributed by atoms with E-state index in [1.807, 2.05) is 14.1 Å². The molecule has 1 atom stereocenters. The molecule has 0 aliphatic carbocycles. The average Bonchev–Trinajstić information content (AvgIpc) is 2.33. The molecule has 102 valence electrons. The minimum Gasteiger partial charge on any atom is -0.382 e. The summed E-state index contributed by atoms with van der Waals surface area (Å²) in [5.74, 6) is 1.10. The fraction of sp³-hybridized carbons (Fsp3) is 0.700. The minimum absolute atomic E-state index is 0.0733. The maximum atomic E-state index is 5.61. The Hall–Kier alpha value is -1.67. The van der Waals surface area contributed by atoms with Gasteiger partial charge >= 0.3 is 0 Å². The molecule has 18 heavy (non-hydrogen) atoms. The summed E-state index contributed by atoms with van der Waals surface area (Å²) < 4.78 is 10.2. The van der Waals surface area contributed by atoms with Crippen molar-refractivity contribution in [2.24, 2.45) is 0 Å². The predicted molar refractivity (Wildman–Crippen MR) is 69.7 cm³/mol. The standard InChI is InChI=1S/C10H20N6O2/c1-16(2)10-14-8(11)13-9(15-10)12-5-7(18-4)6-17-3/h7H,5-6H2,1-4H3,(H3,11,12,13,14,15). The lowest BCUT2D eigenvalue weighted by atomic mass is 10.4. The Bertz CT molecular complexity index is 373. The number of nitrogen functional groups attached to an aromatic ring is 1. The van der Waals surface area contributed by atoms with Crippen molar-refractivity contribution in [3.63, 3.8) is 0 Å². The summed E-state index contributed by atoms with van der Waals surface area (Å²) in [5, 5.41) is 3.04. The highest BCUT2D eigenvalue weighted by atomic mass is 16.5.